The van der Waals surface area contributed by atoms with Crippen molar-refractivity contribution < 1.29 is 9.53 Å². The summed E-state index contributed by atoms with van der Waals surface area (Å²) in [4.78, 5) is 11.6. The molecule has 1 amide bonds. The Labute approximate surface area is 112 Å². The second-order valence-electron chi connectivity index (χ2n) is 3.90. The Morgan fingerprint density at radius 1 is 1.05 bits per heavy atom. The number of ether oxygens (including phenoxy) is 1. The largest absolute Gasteiger partial charge is 0.455 e. The fourth-order valence-corrected chi connectivity index (χ4v) is 1.60. The van der Waals surface area contributed by atoms with Crippen LogP contribution in [0.3, 0.4) is 0 Å². The van der Waals surface area contributed by atoms with Crippen LogP contribution in [0.5, 0.6) is 11.5 Å². The minimum atomic E-state index is -0.174. The highest BCUT2D eigenvalue weighted by Crippen LogP contribution is 2.28. The minimum absolute atomic E-state index is 0.174. The van der Waals surface area contributed by atoms with E-state index >= 15 is 0 Å². The standard InChI is InChI=1S/C16H15NO2/c1-2-8-16(18)17-14-11-6-7-12-15(14)19-13-9-4-3-5-10-13/h2-12H,1H3,(H,17,18). The van der Waals surface area contributed by atoms with E-state index < -0.39 is 0 Å². The molecule has 0 fully saturated rings. The van der Waals surface area contributed by atoms with Crippen LogP contribution >= 0.6 is 0 Å². The van der Waals surface area contributed by atoms with Crippen molar-refractivity contribution in [2.45, 2.75) is 6.92 Å². The average molecular weight is 253 g/mol. The summed E-state index contributed by atoms with van der Waals surface area (Å²) in [5.41, 5.74) is 0.648. The first-order valence-electron chi connectivity index (χ1n) is 6.05. The van der Waals surface area contributed by atoms with Gasteiger partial charge in [0.25, 0.3) is 0 Å². The van der Waals surface area contributed by atoms with E-state index in [2.05, 4.69) is 5.32 Å². The Kier molecular flexibility index (Phi) is 4.34. The highest BCUT2D eigenvalue weighted by molar-refractivity contribution is 6.00. The zero-order valence-corrected chi connectivity index (χ0v) is 10.7. The summed E-state index contributed by atoms with van der Waals surface area (Å²) in [7, 11) is 0. The highest BCUT2D eigenvalue weighted by atomic mass is 16.5. The Balaban J connectivity index is 2.19. The topological polar surface area (TPSA) is 38.3 Å². The summed E-state index contributed by atoms with van der Waals surface area (Å²) in [5.74, 6) is 1.17. The molecule has 2 aromatic rings. The number of para-hydroxylation sites is 3. The summed E-state index contributed by atoms with van der Waals surface area (Å²) in [6.45, 7) is 1.80. The molecule has 3 nitrogen and oxygen atoms in total. The Morgan fingerprint density at radius 2 is 1.74 bits per heavy atom. The van der Waals surface area contributed by atoms with E-state index in [1.54, 1.807) is 19.1 Å². The van der Waals surface area contributed by atoms with Gasteiger partial charge in [-0.05, 0) is 37.3 Å². The Hall–Kier alpha value is -2.55. The van der Waals surface area contributed by atoms with E-state index in [4.69, 9.17) is 4.74 Å². The maximum Gasteiger partial charge on any atom is 0.248 e. The molecule has 0 heterocycles. The predicted molar refractivity (Wildman–Crippen MR) is 76.4 cm³/mol. The molecule has 0 spiro atoms. The first-order chi connectivity index (χ1) is 9.29. The number of rotatable bonds is 4. The van der Waals surface area contributed by atoms with Gasteiger partial charge in [-0.25, -0.2) is 0 Å². The van der Waals surface area contributed by atoms with Crippen molar-refractivity contribution in [2.24, 2.45) is 0 Å². The van der Waals surface area contributed by atoms with E-state index in [1.807, 2.05) is 48.5 Å². The lowest BCUT2D eigenvalue weighted by Gasteiger charge is -2.11. The number of carbonyl (C=O) groups is 1. The van der Waals surface area contributed by atoms with Gasteiger partial charge in [-0.2, -0.15) is 0 Å². The number of amides is 1. The summed E-state index contributed by atoms with van der Waals surface area (Å²) >= 11 is 0. The molecule has 0 aliphatic heterocycles. The maximum atomic E-state index is 11.6. The van der Waals surface area contributed by atoms with Crippen LogP contribution < -0.4 is 10.1 Å². The van der Waals surface area contributed by atoms with Crippen LogP contribution in [0, 0.1) is 0 Å². The quantitative estimate of drug-likeness (QED) is 0.836. The normalized spacial score (nSPS) is 10.4. The number of nitrogens with one attached hydrogen (secondary N) is 1. The van der Waals surface area contributed by atoms with Gasteiger partial charge in [-0.1, -0.05) is 36.4 Å². The van der Waals surface area contributed by atoms with Crippen molar-refractivity contribution in [3.8, 4) is 11.5 Å². The Morgan fingerprint density at radius 3 is 2.47 bits per heavy atom. The van der Waals surface area contributed by atoms with Gasteiger partial charge in [0.1, 0.15) is 5.75 Å². The fourth-order valence-electron chi connectivity index (χ4n) is 1.60. The van der Waals surface area contributed by atoms with Crippen molar-refractivity contribution in [3.05, 3.63) is 66.7 Å². The summed E-state index contributed by atoms with van der Waals surface area (Å²) in [6, 6.07) is 16.8. The SMILES string of the molecule is CC=CC(=O)Nc1ccccc1Oc1ccccc1. The number of benzene rings is 2. The zero-order chi connectivity index (χ0) is 13.5. The monoisotopic (exact) mass is 253 g/mol. The number of hydrogen-bond acceptors (Lipinski definition) is 2. The smallest absolute Gasteiger partial charge is 0.248 e. The molecular formula is C16H15NO2. The van der Waals surface area contributed by atoms with Gasteiger partial charge in [-0.3, -0.25) is 4.79 Å². The lowest BCUT2D eigenvalue weighted by molar-refractivity contribution is -0.111. The first kappa shape index (κ1) is 12.9. The number of hydrogen-bond donors (Lipinski definition) is 1. The van der Waals surface area contributed by atoms with Crippen LogP contribution in [-0.4, -0.2) is 5.91 Å². The second-order valence-corrected chi connectivity index (χ2v) is 3.90. The zero-order valence-electron chi connectivity index (χ0n) is 10.7. The van der Waals surface area contributed by atoms with Crippen molar-refractivity contribution in [1.29, 1.82) is 0 Å². The summed E-state index contributed by atoms with van der Waals surface area (Å²) in [5, 5.41) is 2.78. The van der Waals surface area contributed by atoms with Gasteiger partial charge in [0.05, 0.1) is 5.69 Å². The molecule has 0 saturated carbocycles. The van der Waals surface area contributed by atoms with E-state index in [1.165, 1.54) is 6.08 Å². The van der Waals surface area contributed by atoms with Crippen LogP contribution in [0.2, 0.25) is 0 Å². The van der Waals surface area contributed by atoms with E-state index in [-0.39, 0.29) is 5.91 Å². The van der Waals surface area contributed by atoms with Gasteiger partial charge in [0.15, 0.2) is 5.75 Å². The number of carbonyl (C=O) groups excluding carboxylic acids is 1. The van der Waals surface area contributed by atoms with Gasteiger partial charge >= 0.3 is 0 Å². The van der Waals surface area contributed by atoms with Crippen LogP contribution in [0.15, 0.2) is 66.7 Å². The number of anilines is 1. The molecule has 0 radical (unpaired) electrons. The summed E-state index contributed by atoms with van der Waals surface area (Å²) < 4.78 is 5.75. The van der Waals surface area contributed by atoms with Gasteiger partial charge < -0.3 is 10.1 Å². The Bertz CT molecular complexity index is 576. The molecule has 0 aliphatic carbocycles. The molecule has 0 saturated heterocycles. The van der Waals surface area contributed by atoms with Crippen LogP contribution in [0.1, 0.15) is 6.92 Å². The third-order valence-corrected chi connectivity index (χ3v) is 2.43. The molecule has 3 heteroatoms. The van der Waals surface area contributed by atoms with Gasteiger partial charge in [-0.15, -0.1) is 0 Å². The number of allylic oxidation sites excluding steroid dienone is 1. The molecule has 0 bridgehead atoms. The average Bonchev–Trinajstić information content (AvgIpc) is 2.42. The van der Waals surface area contributed by atoms with Crippen molar-refractivity contribution in [3.63, 3.8) is 0 Å². The molecule has 0 aliphatic rings. The molecular weight excluding hydrogens is 238 g/mol. The summed E-state index contributed by atoms with van der Waals surface area (Å²) in [6.07, 6.45) is 3.16. The fraction of sp³-hybridized carbons (Fsp3) is 0.0625. The molecule has 0 unspecified atom stereocenters. The third kappa shape index (κ3) is 3.71. The molecule has 2 aromatic carbocycles. The van der Waals surface area contributed by atoms with E-state index in [0.717, 1.165) is 5.75 Å². The lowest BCUT2D eigenvalue weighted by Crippen LogP contribution is -2.08. The van der Waals surface area contributed by atoms with Gasteiger partial charge in [0.2, 0.25) is 5.91 Å². The highest BCUT2D eigenvalue weighted by Gasteiger charge is 2.05. The van der Waals surface area contributed by atoms with Crippen molar-refractivity contribution >= 4 is 11.6 Å². The molecule has 0 atom stereocenters. The predicted octanol–water partition coefficient (Wildman–Crippen LogP) is 3.99. The lowest BCUT2D eigenvalue weighted by atomic mass is 10.2. The van der Waals surface area contributed by atoms with Crippen molar-refractivity contribution in [2.75, 3.05) is 5.32 Å². The van der Waals surface area contributed by atoms with Crippen LogP contribution in [-0.2, 0) is 4.79 Å². The maximum absolute atomic E-state index is 11.6. The van der Waals surface area contributed by atoms with Crippen LogP contribution in [0.4, 0.5) is 5.69 Å². The molecule has 1 N–H and O–H groups in total. The van der Waals surface area contributed by atoms with Gasteiger partial charge in [0, 0.05) is 0 Å². The minimum Gasteiger partial charge on any atom is -0.455 e. The van der Waals surface area contributed by atoms with E-state index in [0.29, 0.717) is 11.4 Å². The second kappa shape index (κ2) is 6.40. The molecule has 2 rings (SSSR count). The third-order valence-electron chi connectivity index (χ3n) is 2.43. The van der Waals surface area contributed by atoms with E-state index in [9.17, 15) is 4.79 Å². The van der Waals surface area contributed by atoms with Crippen LogP contribution in [0.25, 0.3) is 0 Å². The van der Waals surface area contributed by atoms with Crippen molar-refractivity contribution in [1.82, 2.24) is 0 Å². The first-order valence-corrected chi connectivity index (χ1v) is 6.05. The molecule has 0 aromatic heterocycles. The molecule has 19 heavy (non-hydrogen) atoms. The molecule has 96 valence electrons.